The van der Waals surface area contributed by atoms with Gasteiger partial charge in [0.25, 0.3) is 6.43 Å². The Balaban J connectivity index is 3.27. The first-order valence-corrected chi connectivity index (χ1v) is 5.22. The molecule has 0 saturated carbocycles. The molecule has 0 bridgehead atoms. The minimum absolute atomic E-state index is 0.153. The Morgan fingerprint density at radius 2 is 2.21 bits per heavy atom. The summed E-state index contributed by atoms with van der Waals surface area (Å²) in [5.74, 6) is 0. The number of hydrogen-bond acceptors (Lipinski definition) is 2. The number of alkyl halides is 3. The van der Waals surface area contributed by atoms with Gasteiger partial charge in [-0.25, -0.2) is 8.78 Å². The Labute approximate surface area is 93.0 Å². The number of aromatic nitrogens is 1. The maximum Gasteiger partial charge on any atom is 0.281 e. The summed E-state index contributed by atoms with van der Waals surface area (Å²) in [6.07, 6.45) is -1.44. The summed E-state index contributed by atoms with van der Waals surface area (Å²) >= 11 is 8.81. The van der Waals surface area contributed by atoms with E-state index in [1.807, 2.05) is 0 Å². The van der Waals surface area contributed by atoms with E-state index in [0.717, 1.165) is 0 Å². The predicted molar refractivity (Wildman–Crippen MR) is 52.8 cm³/mol. The largest absolute Gasteiger partial charge is 0.392 e. The van der Waals surface area contributed by atoms with Crippen molar-refractivity contribution in [3.8, 4) is 0 Å². The molecule has 1 rings (SSSR count). The minimum atomic E-state index is -2.72. The van der Waals surface area contributed by atoms with Gasteiger partial charge in [0.1, 0.15) is 5.69 Å². The molecular formula is C8H7BrClF2NO. The normalized spacial score (nSPS) is 11.0. The monoisotopic (exact) mass is 285 g/mol. The van der Waals surface area contributed by atoms with Gasteiger partial charge in [0.05, 0.1) is 11.6 Å². The van der Waals surface area contributed by atoms with Crippen LogP contribution in [0.2, 0.25) is 5.02 Å². The molecule has 78 valence electrons. The molecule has 0 aromatic carbocycles. The molecule has 0 amide bonds. The van der Waals surface area contributed by atoms with Crippen molar-refractivity contribution >= 4 is 27.5 Å². The van der Waals surface area contributed by atoms with Gasteiger partial charge < -0.3 is 5.11 Å². The van der Waals surface area contributed by atoms with Crippen LogP contribution in [0.1, 0.15) is 23.2 Å². The fraction of sp³-hybridized carbons (Fsp3) is 0.375. The molecule has 2 nitrogen and oxygen atoms in total. The van der Waals surface area contributed by atoms with E-state index in [9.17, 15) is 8.78 Å². The van der Waals surface area contributed by atoms with Gasteiger partial charge >= 0.3 is 0 Å². The fourth-order valence-corrected chi connectivity index (χ4v) is 1.81. The molecule has 0 unspecified atom stereocenters. The maximum absolute atomic E-state index is 12.3. The highest BCUT2D eigenvalue weighted by Gasteiger charge is 2.18. The van der Waals surface area contributed by atoms with Crippen LogP contribution in [0.25, 0.3) is 0 Å². The standard InChI is InChI=1S/C8H7BrClF2NO/c9-1-4-2-13-7(8(11)12)6(10)5(4)3-14/h2,8,14H,1,3H2. The molecule has 0 aliphatic rings. The summed E-state index contributed by atoms with van der Waals surface area (Å²) in [6, 6.07) is 0. The Hall–Kier alpha value is -0.260. The predicted octanol–water partition coefficient (Wildman–Crippen LogP) is 3.06. The van der Waals surface area contributed by atoms with Crippen molar-refractivity contribution in [1.29, 1.82) is 0 Å². The Morgan fingerprint density at radius 3 is 2.64 bits per heavy atom. The molecule has 6 heteroatoms. The van der Waals surface area contributed by atoms with E-state index in [1.54, 1.807) is 0 Å². The lowest BCUT2D eigenvalue weighted by Crippen LogP contribution is -2.00. The Kier molecular flexibility index (Phi) is 4.22. The van der Waals surface area contributed by atoms with Crippen molar-refractivity contribution in [2.24, 2.45) is 0 Å². The van der Waals surface area contributed by atoms with Crippen molar-refractivity contribution in [1.82, 2.24) is 4.98 Å². The highest BCUT2D eigenvalue weighted by molar-refractivity contribution is 9.08. The first-order valence-electron chi connectivity index (χ1n) is 3.73. The maximum atomic E-state index is 12.3. The summed E-state index contributed by atoms with van der Waals surface area (Å²) in [7, 11) is 0. The lowest BCUT2D eigenvalue weighted by atomic mass is 10.1. The number of aliphatic hydroxyl groups is 1. The van der Waals surface area contributed by atoms with Crippen LogP contribution in [0.5, 0.6) is 0 Å². The van der Waals surface area contributed by atoms with E-state index in [-0.39, 0.29) is 11.6 Å². The van der Waals surface area contributed by atoms with Crippen LogP contribution in [0.3, 0.4) is 0 Å². The third-order valence-corrected chi connectivity index (χ3v) is 2.77. The molecule has 0 fully saturated rings. The van der Waals surface area contributed by atoms with Crippen LogP contribution in [0, 0.1) is 0 Å². The zero-order chi connectivity index (χ0) is 10.7. The van der Waals surface area contributed by atoms with Crippen LogP contribution in [-0.4, -0.2) is 10.1 Å². The van der Waals surface area contributed by atoms with Gasteiger partial charge in [-0.3, -0.25) is 4.98 Å². The van der Waals surface area contributed by atoms with Crippen LogP contribution in [0.15, 0.2) is 6.20 Å². The zero-order valence-electron chi connectivity index (χ0n) is 6.98. The molecule has 0 spiro atoms. The van der Waals surface area contributed by atoms with Gasteiger partial charge in [0.2, 0.25) is 0 Å². The van der Waals surface area contributed by atoms with E-state index in [2.05, 4.69) is 20.9 Å². The minimum Gasteiger partial charge on any atom is -0.392 e. The second-order valence-corrected chi connectivity index (χ2v) is 3.49. The molecular weight excluding hydrogens is 279 g/mol. The number of rotatable bonds is 3. The average Bonchev–Trinajstić information content (AvgIpc) is 2.16. The zero-order valence-corrected chi connectivity index (χ0v) is 9.32. The first kappa shape index (κ1) is 11.8. The Bertz CT molecular complexity index is 335. The summed E-state index contributed by atoms with van der Waals surface area (Å²) < 4.78 is 24.7. The Morgan fingerprint density at radius 1 is 1.57 bits per heavy atom. The summed E-state index contributed by atoms with van der Waals surface area (Å²) in [6.45, 7) is -0.373. The third kappa shape index (κ3) is 2.21. The topological polar surface area (TPSA) is 33.1 Å². The van der Waals surface area contributed by atoms with Crippen LogP contribution >= 0.6 is 27.5 Å². The number of aliphatic hydroxyl groups excluding tert-OH is 1. The van der Waals surface area contributed by atoms with E-state index in [0.29, 0.717) is 16.5 Å². The van der Waals surface area contributed by atoms with E-state index >= 15 is 0 Å². The van der Waals surface area contributed by atoms with Gasteiger partial charge in [0, 0.05) is 17.1 Å². The van der Waals surface area contributed by atoms with Crippen molar-refractivity contribution in [2.75, 3.05) is 0 Å². The highest BCUT2D eigenvalue weighted by Crippen LogP contribution is 2.30. The summed E-state index contributed by atoms with van der Waals surface area (Å²) in [5, 5.41) is 9.22. The summed E-state index contributed by atoms with van der Waals surface area (Å²) in [4.78, 5) is 3.53. The molecule has 14 heavy (non-hydrogen) atoms. The lowest BCUT2D eigenvalue weighted by molar-refractivity contribution is 0.146. The second kappa shape index (κ2) is 5.00. The average molecular weight is 287 g/mol. The molecule has 0 atom stereocenters. The van der Waals surface area contributed by atoms with Crippen molar-refractivity contribution < 1.29 is 13.9 Å². The fourth-order valence-electron chi connectivity index (χ4n) is 1.02. The van der Waals surface area contributed by atoms with E-state index < -0.39 is 12.1 Å². The second-order valence-electron chi connectivity index (χ2n) is 2.55. The van der Waals surface area contributed by atoms with Crippen LogP contribution < -0.4 is 0 Å². The molecule has 1 heterocycles. The molecule has 1 N–H and O–H groups in total. The number of halogens is 4. The third-order valence-electron chi connectivity index (χ3n) is 1.75. The van der Waals surface area contributed by atoms with Crippen molar-refractivity contribution in [2.45, 2.75) is 18.4 Å². The SMILES string of the molecule is OCc1c(CBr)cnc(C(F)F)c1Cl. The molecule has 1 aromatic heterocycles. The number of nitrogens with zero attached hydrogens (tertiary/aromatic N) is 1. The number of pyridine rings is 1. The van der Waals surface area contributed by atoms with Crippen LogP contribution in [0.4, 0.5) is 8.78 Å². The molecule has 0 radical (unpaired) electrons. The van der Waals surface area contributed by atoms with Gasteiger partial charge in [-0.05, 0) is 5.56 Å². The van der Waals surface area contributed by atoms with E-state index in [4.69, 9.17) is 16.7 Å². The van der Waals surface area contributed by atoms with Crippen molar-refractivity contribution in [3.05, 3.63) is 28.0 Å². The lowest BCUT2D eigenvalue weighted by Gasteiger charge is -2.09. The molecule has 0 aliphatic heterocycles. The van der Waals surface area contributed by atoms with E-state index in [1.165, 1.54) is 6.20 Å². The molecule has 1 aromatic rings. The number of hydrogen-bond donors (Lipinski definition) is 1. The van der Waals surface area contributed by atoms with Gasteiger partial charge in [-0.2, -0.15) is 0 Å². The smallest absolute Gasteiger partial charge is 0.281 e. The first-order chi connectivity index (χ1) is 6.61. The molecule has 0 saturated heterocycles. The van der Waals surface area contributed by atoms with Crippen molar-refractivity contribution in [3.63, 3.8) is 0 Å². The van der Waals surface area contributed by atoms with Gasteiger partial charge in [-0.15, -0.1) is 0 Å². The van der Waals surface area contributed by atoms with Gasteiger partial charge in [0.15, 0.2) is 0 Å². The van der Waals surface area contributed by atoms with Crippen LogP contribution in [-0.2, 0) is 11.9 Å². The van der Waals surface area contributed by atoms with Gasteiger partial charge in [-0.1, -0.05) is 27.5 Å². The molecule has 0 aliphatic carbocycles. The summed E-state index contributed by atoms with van der Waals surface area (Å²) in [5.41, 5.74) is 0.427. The highest BCUT2D eigenvalue weighted by atomic mass is 79.9. The quantitative estimate of drug-likeness (QED) is 0.866.